The number of nitrogens with two attached hydrogens (primary N) is 1. The second-order valence-corrected chi connectivity index (χ2v) is 4.78. The maximum Gasteiger partial charge on any atom is 0.339 e. The largest absolute Gasteiger partial charge is 0.462 e. The van der Waals surface area contributed by atoms with Crippen LogP contribution in [-0.4, -0.2) is 35.6 Å². The molecule has 0 amide bonds. The molecule has 6 heteroatoms. The Balaban J connectivity index is 2.75. The van der Waals surface area contributed by atoms with Gasteiger partial charge in [0.1, 0.15) is 5.82 Å². The molecular weight excluding hydrogens is 262 g/mol. The maximum atomic E-state index is 11.5. The highest BCUT2D eigenvalue weighted by Crippen LogP contribution is 2.14. The number of aromatic nitrogens is 1. The zero-order valence-electron chi connectivity index (χ0n) is 11.4. The van der Waals surface area contributed by atoms with Crippen molar-refractivity contribution in [1.82, 2.24) is 4.98 Å². The molecule has 19 heavy (non-hydrogen) atoms. The summed E-state index contributed by atoms with van der Waals surface area (Å²) in [5, 5.41) is 0. The number of esters is 1. The van der Waals surface area contributed by atoms with Crippen molar-refractivity contribution in [3.05, 3.63) is 23.9 Å². The van der Waals surface area contributed by atoms with Gasteiger partial charge in [-0.2, -0.15) is 0 Å². The van der Waals surface area contributed by atoms with Crippen LogP contribution in [-0.2, 0) is 4.74 Å². The lowest BCUT2D eigenvalue weighted by Gasteiger charge is -2.25. The van der Waals surface area contributed by atoms with Crippen LogP contribution in [0.5, 0.6) is 0 Å². The molecule has 1 aromatic heterocycles. The van der Waals surface area contributed by atoms with Gasteiger partial charge in [-0.1, -0.05) is 12.2 Å². The first-order valence-electron chi connectivity index (χ1n) is 6.10. The Morgan fingerprint density at radius 1 is 1.58 bits per heavy atom. The van der Waals surface area contributed by atoms with E-state index in [1.54, 1.807) is 19.1 Å². The first-order chi connectivity index (χ1) is 8.95. The Morgan fingerprint density at radius 2 is 2.26 bits per heavy atom. The molecule has 0 spiro atoms. The minimum absolute atomic E-state index is 0.151. The molecule has 0 aromatic carbocycles. The van der Waals surface area contributed by atoms with Crippen molar-refractivity contribution in [2.24, 2.45) is 5.73 Å². The van der Waals surface area contributed by atoms with E-state index in [0.29, 0.717) is 23.6 Å². The zero-order chi connectivity index (χ0) is 14.4. The van der Waals surface area contributed by atoms with Crippen LogP contribution in [0.1, 0.15) is 30.6 Å². The first kappa shape index (κ1) is 15.4. The van der Waals surface area contributed by atoms with E-state index >= 15 is 0 Å². The molecular formula is C13H19N3O2S. The molecule has 1 rings (SSSR count). The Hall–Kier alpha value is -1.69. The molecule has 0 radical (unpaired) electrons. The van der Waals surface area contributed by atoms with E-state index in [1.165, 1.54) is 6.20 Å². The number of hydrogen-bond acceptors (Lipinski definition) is 5. The molecule has 0 aliphatic rings. The average Bonchev–Trinajstić information content (AvgIpc) is 2.37. The molecule has 5 nitrogen and oxygen atoms in total. The number of pyridine rings is 1. The predicted octanol–water partition coefficient (Wildman–Crippen LogP) is 1.76. The number of ether oxygens (including phenoxy) is 1. The molecule has 0 saturated heterocycles. The van der Waals surface area contributed by atoms with Gasteiger partial charge >= 0.3 is 5.97 Å². The van der Waals surface area contributed by atoms with E-state index in [1.807, 2.05) is 18.9 Å². The highest BCUT2D eigenvalue weighted by Gasteiger charge is 2.13. The molecule has 1 aromatic rings. The quantitative estimate of drug-likeness (QED) is 0.633. The van der Waals surface area contributed by atoms with E-state index in [9.17, 15) is 4.79 Å². The number of thiocarbonyl (C=S) groups is 1. The molecule has 1 unspecified atom stereocenters. The van der Waals surface area contributed by atoms with Gasteiger partial charge in [0, 0.05) is 25.7 Å². The van der Waals surface area contributed by atoms with Crippen LogP contribution in [0.15, 0.2) is 18.3 Å². The van der Waals surface area contributed by atoms with Crippen LogP contribution < -0.4 is 10.6 Å². The molecule has 0 bridgehead atoms. The monoisotopic (exact) mass is 281 g/mol. The lowest BCUT2D eigenvalue weighted by Crippen LogP contribution is -2.33. The van der Waals surface area contributed by atoms with E-state index < -0.39 is 0 Å². The van der Waals surface area contributed by atoms with Gasteiger partial charge in [-0.25, -0.2) is 9.78 Å². The van der Waals surface area contributed by atoms with Crippen molar-refractivity contribution in [2.75, 3.05) is 18.6 Å². The Morgan fingerprint density at radius 3 is 2.74 bits per heavy atom. The number of anilines is 1. The smallest absolute Gasteiger partial charge is 0.339 e. The summed E-state index contributed by atoms with van der Waals surface area (Å²) in [6.07, 6.45) is 2.13. The number of carbonyl (C=O) groups excluding carboxylic acids is 1. The third-order valence-corrected chi connectivity index (χ3v) is 2.94. The van der Waals surface area contributed by atoms with Crippen molar-refractivity contribution >= 4 is 29.0 Å². The minimum atomic E-state index is -0.361. The summed E-state index contributed by atoms with van der Waals surface area (Å²) >= 11 is 4.89. The van der Waals surface area contributed by atoms with Gasteiger partial charge in [0.15, 0.2) is 0 Å². The van der Waals surface area contributed by atoms with E-state index in [4.69, 9.17) is 22.7 Å². The molecule has 104 valence electrons. The molecule has 1 heterocycles. The minimum Gasteiger partial charge on any atom is -0.462 e. The maximum absolute atomic E-state index is 11.5. The van der Waals surface area contributed by atoms with Crippen molar-refractivity contribution in [3.8, 4) is 0 Å². The van der Waals surface area contributed by atoms with Crippen molar-refractivity contribution < 1.29 is 9.53 Å². The fourth-order valence-electron chi connectivity index (χ4n) is 1.58. The SMILES string of the molecule is CCOC(=O)c1ccc(N(C)C(C)CC(N)=S)nc1. The fraction of sp³-hybridized carbons (Fsp3) is 0.462. The highest BCUT2D eigenvalue weighted by molar-refractivity contribution is 7.80. The van der Waals surface area contributed by atoms with E-state index in [0.717, 1.165) is 5.82 Å². The fourth-order valence-corrected chi connectivity index (χ4v) is 1.82. The second kappa shape index (κ2) is 7.04. The standard InChI is InChI=1S/C13H19N3O2S/c1-4-18-13(17)10-5-6-12(15-8-10)16(3)9(2)7-11(14)19/h5-6,8-9H,4,7H2,1-3H3,(H2,14,19). The topological polar surface area (TPSA) is 68.5 Å². The normalized spacial score (nSPS) is 11.7. The number of hydrogen-bond donors (Lipinski definition) is 1. The third kappa shape index (κ3) is 4.48. The molecule has 0 fully saturated rings. The second-order valence-electron chi connectivity index (χ2n) is 4.26. The van der Waals surface area contributed by atoms with Crippen LogP contribution in [0.25, 0.3) is 0 Å². The molecule has 2 N–H and O–H groups in total. The van der Waals surface area contributed by atoms with Crippen LogP contribution >= 0.6 is 12.2 Å². The Kier molecular flexibility index (Phi) is 5.69. The summed E-state index contributed by atoms with van der Waals surface area (Å²) in [4.78, 5) is 18.2. The van der Waals surface area contributed by atoms with Crippen molar-refractivity contribution in [2.45, 2.75) is 26.3 Å². The molecule has 0 aliphatic carbocycles. The number of nitrogens with zero attached hydrogens (tertiary/aromatic N) is 2. The average molecular weight is 281 g/mol. The van der Waals surface area contributed by atoms with Crippen LogP contribution in [0, 0.1) is 0 Å². The number of rotatable bonds is 6. The lowest BCUT2D eigenvalue weighted by molar-refractivity contribution is 0.0526. The van der Waals surface area contributed by atoms with Crippen molar-refractivity contribution in [3.63, 3.8) is 0 Å². The van der Waals surface area contributed by atoms with Gasteiger partial charge in [0.05, 0.1) is 17.2 Å². The third-order valence-electron chi connectivity index (χ3n) is 2.78. The summed E-state index contributed by atoms with van der Waals surface area (Å²) in [6, 6.07) is 3.63. The molecule has 0 aliphatic heterocycles. The van der Waals surface area contributed by atoms with E-state index in [2.05, 4.69) is 4.98 Å². The predicted molar refractivity (Wildman–Crippen MR) is 79.5 cm³/mol. The summed E-state index contributed by atoms with van der Waals surface area (Å²) < 4.78 is 4.90. The van der Waals surface area contributed by atoms with Crippen molar-refractivity contribution in [1.29, 1.82) is 0 Å². The van der Waals surface area contributed by atoms with Gasteiger partial charge in [-0.05, 0) is 26.0 Å². The Bertz CT molecular complexity index is 448. The van der Waals surface area contributed by atoms with Gasteiger partial charge in [-0.15, -0.1) is 0 Å². The first-order valence-corrected chi connectivity index (χ1v) is 6.50. The zero-order valence-corrected chi connectivity index (χ0v) is 12.2. The van der Waals surface area contributed by atoms with Gasteiger partial charge in [0.25, 0.3) is 0 Å². The van der Waals surface area contributed by atoms with Crippen LogP contribution in [0.4, 0.5) is 5.82 Å². The highest BCUT2D eigenvalue weighted by atomic mass is 32.1. The summed E-state index contributed by atoms with van der Waals surface area (Å²) in [6.45, 7) is 4.14. The molecule has 1 atom stereocenters. The number of carbonyl (C=O) groups is 1. The summed E-state index contributed by atoms with van der Waals surface area (Å²) in [5.74, 6) is 0.400. The molecule has 0 saturated carbocycles. The van der Waals surface area contributed by atoms with Gasteiger partial charge < -0.3 is 15.4 Å². The van der Waals surface area contributed by atoms with E-state index in [-0.39, 0.29) is 12.0 Å². The van der Waals surface area contributed by atoms with Gasteiger partial charge in [-0.3, -0.25) is 0 Å². The Labute approximate surface area is 118 Å². The van der Waals surface area contributed by atoms with Crippen LogP contribution in [0.2, 0.25) is 0 Å². The van der Waals surface area contributed by atoms with Crippen LogP contribution in [0.3, 0.4) is 0 Å². The summed E-state index contributed by atoms with van der Waals surface area (Å²) in [5.41, 5.74) is 5.97. The lowest BCUT2D eigenvalue weighted by atomic mass is 10.2. The summed E-state index contributed by atoms with van der Waals surface area (Å²) in [7, 11) is 1.91. The van der Waals surface area contributed by atoms with Gasteiger partial charge in [0.2, 0.25) is 0 Å².